The zero-order chi connectivity index (χ0) is 25.9. The molecule has 0 fully saturated rings. The smallest absolute Gasteiger partial charge is 0.193 e. The molecule has 0 saturated heterocycles. The van der Waals surface area contributed by atoms with Gasteiger partial charge in [0.05, 0.1) is 10.8 Å². The lowest BCUT2D eigenvalue weighted by Crippen LogP contribution is -2.08. The standard InChI is InChI=1S/C32H22O6/c33-27-19-31(37-29-7-3-1-5-25(27)29)21-9-13-23(14-10-21)35-17-18-36-24-15-11-22(12-16-24)32-20-28(34)26-6-2-4-8-30(26)38-32/h1-16,19-20H,17-18H2. The number of fused-ring (bicyclic) bond motifs is 2. The van der Waals surface area contributed by atoms with Crippen molar-refractivity contribution in [2.45, 2.75) is 0 Å². The minimum absolute atomic E-state index is 0.0748. The van der Waals surface area contributed by atoms with E-state index in [-0.39, 0.29) is 10.9 Å². The Kier molecular flexibility index (Phi) is 6.20. The summed E-state index contributed by atoms with van der Waals surface area (Å²) in [4.78, 5) is 24.7. The Hall–Kier alpha value is -5.10. The molecule has 2 aromatic heterocycles. The predicted octanol–water partition coefficient (Wildman–Crippen LogP) is 6.69. The van der Waals surface area contributed by atoms with E-state index in [1.165, 1.54) is 12.1 Å². The maximum Gasteiger partial charge on any atom is 0.193 e. The second kappa shape index (κ2) is 10.1. The fourth-order valence-electron chi connectivity index (χ4n) is 4.24. The first-order valence-electron chi connectivity index (χ1n) is 12.2. The lowest BCUT2D eigenvalue weighted by atomic mass is 10.1. The van der Waals surface area contributed by atoms with Gasteiger partial charge < -0.3 is 18.3 Å². The summed E-state index contributed by atoms with van der Waals surface area (Å²) in [6.07, 6.45) is 0. The molecule has 6 rings (SSSR count). The highest BCUT2D eigenvalue weighted by molar-refractivity contribution is 5.79. The van der Waals surface area contributed by atoms with Crippen LogP contribution in [0, 0.1) is 0 Å². The SMILES string of the molecule is O=c1cc(-c2ccc(OCCOc3ccc(-c4cc(=O)c5ccccc5o4)cc3)cc2)oc2ccccc12. The molecule has 0 bridgehead atoms. The van der Waals surface area contributed by atoms with Gasteiger partial charge in [0.2, 0.25) is 0 Å². The van der Waals surface area contributed by atoms with Crippen LogP contribution in [0.3, 0.4) is 0 Å². The zero-order valence-electron chi connectivity index (χ0n) is 20.3. The Morgan fingerprint density at radius 1 is 0.500 bits per heavy atom. The fourth-order valence-corrected chi connectivity index (χ4v) is 4.24. The molecule has 186 valence electrons. The van der Waals surface area contributed by atoms with E-state index in [0.29, 0.717) is 58.2 Å². The van der Waals surface area contributed by atoms with E-state index in [4.69, 9.17) is 18.3 Å². The highest BCUT2D eigenvalue weighted by Gasteiger charge is 2.08. The van der Waals surface area contributed by atoms with Gasteiger partial charge in [-0.05, 0) is 72.8 Å². The minimum Gasteiger partial charge on any atom is -0.490 e. The van der Waals surface area contributed by atoms with E-state index in [9.17, 15) is 9.59 Å². The minimum atomic E-state index is -0.0748. The van der Waals surface area contributed by atoms with E-state index in [1.54, 1.807) is 24.3 Å². The molecule has 0 aliphatic carbocycles. The molecule has 0 unspecified atom stereocenters. The van der Waals surface area contributed by atoms with Crippen LogP contribution < -0.4 is 20.3 Å². The van der Waals surface area contributed by atoms with Gasteiger partial charge in [0.25, 0.3) is 0 Å². The zero-order valence-corrected chi connectivity index (χ0v) is 20.3. The largest absolute Gasteiger partial charge is 0.490 e. The van der Waals surface area contributed by atoms with E-state index >= 15 is 0 Å². The van der Waals surface area contributed by atoms with Crippen LogP contribution in [-0.4, -0.2) is 13.2 Å². The van der Waals surface area contributed by atoms with E-state index < -0.39 is 0 Å². The molecule has 0 amide bonds. The van der Waals surface area contributed by atoms with Crippen LogP contribution in [-0.2, 0) is 0 Å². The highest BCUT2D eigenvalue weighted by Crippen LogP contribution is 2.26. The van der Waals surface area contributed by atoms with Gasteiger partial charge in [-0.1, -0.05) is 24.3 Å². The summed E-state index contributed by atoms with van der Waals surface area (Å²) in [5, 5.41) is 1.12. The summed E-state index contributed by atoms with van der Waals surface area (Å²) >= 11 is 0. The van der Waals surface area contributed by atoms with Crippen LogP contribution >= 0.6 is 0 Å². The molecule has 6 heteroatoms. The molecule has 6 aromatic rings. The van der Waals surface area contributed by atoms with Gasteiger partial charge in [-0.25, -0.2) is 0 Å². The number of benzene rings is 4. The number of hydrogen-bond acceptors (Lipinski definition) is 6. The molecule has 0 aliphatic heterocycles. The van der Waals surface area contributed by atoms with Crippen LogP contribution in [0.25, 0.3) is 44.6 Å². The van der Waals surface area contributed by atoms with Gasteiger partial charge in [-0.2, -0.15) is 0 Å². The van der Waals surface area contributed by atoms with Gasteiger partial charge in [0.1, 0.15) is 47.4 Å². The van der Waals surface area contributed by atoms with Crippen molar-refractivity contribution in [2.24, 2.45) is 0 Å². The third kappa shape index (κ3) is 4.80. The summed E-state index contributed by atoms with van der Waals surface area (Å²) in [7, 11) is 0. The first-order valence-corrected chi connectivity index (χ1v) is 12.2. The number of rotatable bonds is 7. The van der Waals surface area contributed by atoms with Crippen LogP contribution in [0.15, 0.2) is 128 Å². The third-order valence-corrected chi connectivity index (χ3v) is 6.17. The van der Waals surface area contributed by atoms with E-state index in [2.05, 4.69) is 0 Å². The molecule has 38 heavy (non-hydrogen) atoms. The van der Waals surface area contributed by atoms with Gasteiger partial charge in [-0.15, -0.1) is 0 Å². The summed E-state index contributed by atoms with van der Waals surface area (Å²) in [6, 6.07) is 32.1. The van der Waals surface area contributed by atoms with Crippen molar-refractivity contribution in [3.05, 3.63) is 130 Å². The lowest BCUT2D eigenvalue weighted by molar-refractivity contribution is 0.217. The maximum atomic E-state index is 12.4. The summed E-state index contributed by atoms with van der Waals surface area (Å²) in [6.45, 7) is 0.706. The topological polar surface area (TPSA) is 78.9 Å². The van der Waals surface area contributed by atoms with E-state index in [1.807, 2.05) is 72.8 Å². The van der Waals surface area contributed by atoms with Crippen LogP contribution in [0.2, 0.25) is 0 Å². The van der Waals surface area contributed by atoms with Crippen LogP contribution in [0.4, 0.5) is 0 Å². The Bertz CT molecular complexity index is 1710. The Labute approximate surface area is 217 Å². The molecule has 6 nitrogen and oxygen atoms in total. The first-order chi connectivity index (χ1) is 18.6. The monoisotopic (exact) mass is 502 g/mol. The second-order valence-electron chi connectivity index (χ2n) is 8.69. The number of hydrogen-bond donors (Lipinski definition) is 0. The fraction of sp³-hybridized carbons (Fsp3) is 0.0625. The van der Waals surface area contributed by atoms with Crippen molar-refractivity contribution < 1.29 is 18.3 Å². The molecular formula is C32H22O6. The Balaban J connectivity index is 1.05. The van der Waals surface area contributed by atoms with Gasteiger partial charge in [0.15, 0.2) is 10.9 Å². The average Bonchev–Trinajstić information content (AvgIpc) is 2.96. The average molecular weight is 503 g/mol. The summed E-state index contributed by atoms with van der Waals surface area (Å²) < 4.78 is 23.4. The van der Waals surface area contributed by atoms with Crippen LogP contribution in [0.1, 0.15) is 0 Å². The highest BCUT2D eigenvalue weighted by atomic mass is 16.5. The lowest BCUT2D eigenvalue weighted by Gasteiger charge is -2.10. The van der Waals surface area contributed by atoms with E-state index in [0.717, 1.165) is 11.1 Å². The van der Waals surface area contributed by atoms with Crippen molar-refractivity contribution in [2.75, 3.05) is 13.2 Å². The van der Waals surface area contributed by atoms with Crippen molar-refractivity contribution in [3.8, 4) is 34.1 Å². The quantitative estimate of drug-likeness (QED) is 0.226. The number of para-hydroxylation sites is 2. The molecule has 2 heterocycles. The maximum absolute atomic E-state index is 12.4. The molecular weight excluding hydrogens is 480 g/mol. The Morgan fingerprint density at radius 3 is 1.32 bits per heavy atom. The van der Waals surface area contributed by atoms with Gasteiger partial charge in [-0.3, -0.25) is 9.59 Å². The third-order valence-electron chi connectivity index (χ3n) is 6.17. The number of ether oxygens (including phenoxy) is 2. The summed E-state index contributed by atoms with van der Waals surface area (Å²) in [5.41, 5.74) is 2.55. The first kappa shape index (κ1) is 23.3. The molecule has 0 aliphatic rings. The molecule has 4 aromatic carbocycles. The summed E-state index contributed by atoms with van der Waals surface area (Å²) in [5.74, 6) is 2.38. The molecule has 0 N–H and O–H groups in total. The normalized spacial score (nSPS) is 11.1. The van der Waals surface area contributed by atoms with Gasteiger partial charge in [0, 0.05) is 23.3 Å². The Morgan fingerprint density at radius 2 is 0.895 bits per heavy atom. The second-order valence-corrected chi connectivity index (χ2v) is 8.69. The van der Waals surface area contributed by atoms with Crippen molar-refractivity contribution >= 4 is 21.9 Å². The predicted molar refractivity (Wildman–Crippen MR) is 147 cm³/mol. The molecule has 0 atom stereocenters. The molecule has 0 radical (unpaired) electrons. The van der Waals surface area contributed by atoms with Crippen LogP contribution in [0.5, 0.6) is 11.5 Å². The molecule has 0 saturated carbocycles. The van der Waals surface area contributed by atoms with Gasteiger partial charge >= 0.3 is 0 Å². The van der Waals surface area contributed by atoms with Crippen molar-refractivity contribution in [1.29, 1.82) is 0 Å². The van der Waals surface area contributed by atoms with Crippen molar-refractivity contribution in [3.63, 3.8) is 0 Å². The van der Waals surface area contributed by atoms with Crippen molar-refractivity contribution in [1.82, 2.24) is 0 Å². The molecule has 0 spiro atoms.